The molecule has 4 nitrogen and oxygen atoms in total. The molecular weight excluding hydrogens is 475 g/mol. The van der Waals surface area contributed by atoms with Crippen molar-refractivity contribution < 1.29 is 9.47 Å². The Hall–Kier alpha value is -2.21. The third kappa shape index (κ3) is 5.89. The normalized spacial score (nSPS) is 10.9. The largest absolute Gasteiger partial charge is 0.493 e. The van der Waals surface area contributed by atoms with Gasteiger partial charge in [-0.1, -0.05) is 59.6 Å². The van der Waals surface area contributed by atoms with Crippen molar-refractivity contribution in [2.45, 2.75) is 13.2 Å². The Balaban J connectivity index is 1.67. The van der Waals surface area contributed by atoms with Crippen molar-refractivity contribution in [2.24, 2.45) is 5.10 Å². The molecule has 0 aliphatic carbocycles. The van der Waals surface area contributed by atoms with Crippen molar-refractivity contribution in [2.75, 3.05) is 7.11 Å². The zero-order valence-corrected chi connectivity index (χ0v) is 18.8. The second kappa shape index (κ2) is 10.5. The van der Waals surface area contributed by atoms with Gasteiger partial charge in [-0.05, 0) is 51.3 Å². The Morgan fingerprint density at radius 3 is 2.45 bits per heavy atom. The molecule has 0 saturated carbocycles. The topological polar surface area (TPSA) is 42.8 Å². The van der Waals surface area contributed by atoms with E-state index in [4.69, 9.17) is 32.7 Å². The first-order valence-corrected chi connectivity index (χ1v) is 10.4. The van der Waals surface area contributed by atoms with Gasteiger partial charge in [-0.3, -0.25) is 0 Å². The van der Waals surface area contributed by atoms with Gasteiger partial charge >= 0.3 is 0 Å². The van der Waals surface area contributed by atoms with Gasteiger partial charge in [0.2, 0.25) is 0 Å². The molecule has 0 fully saturated rings. The predicted octanol–water partition coefficient (Wildman–Crippen LogP) is 6.47. The molecular formula is C22H19BrCl2N2O2. The molecule has 7 heteroatoms. The molecule has 0 heterocycles. The van der Waals surface area contributed by atoms with E-state index in [-0.39, 0.29) is 0 Å². The second-order valence-corrected chi connectivity index (χ2v) is 7.77. The molecule has 0 spiro atoms. The summed E-state index contributed by atoms with van der Waals surface area (Å²) in [5.41, 5.74) is 5.69. The average Bonchev–Trinajstić information content (AvgIpc) is 2.72. The maximum Gasteiger partial charge on any atom is 0.175 e. The molecule has 3 aromatic rings. The van der Waals surface area contributed by atoms with E-state index in [2.05, 4.69) is 26.5 Å². The first-order chi connectivity index (χ1) is 14.1. The molecule has 3 rings (SSSR count). The van der Waals surface area contributed by atoms with Crippen LogP contribution in [0, 0.1) is 0 Å². The number of benzene rings is 3. The highest BCUT2D eigenvalue weighted by Crippen LogP contribution is 2.36. The number of hydrogen-bond acceptors (Lipinski definition) is 4. The second-order valence-electron chi connectivity index (χ2n) is 6.10. The Labute approximate surface area is 188 Å². The fourth-order valence-electron chi connectivity index (χ4n) is 2.63. The lowest BCUT2D eigenvalue weighted by molar-refractivity contribution is 0.282. The van der Waals surface area contributed by atoms with Gasteiger partial charge in [-0.15, -0.1) is 0 Å². The number of nitrogens with one attached hydrogen (secondary N) is 1. The van der Waals surface area contributed by atoms with Gasteiger partial charge < -0.3 is 14.9 Å². The highest BCUT2D eigenvalue weighted by Gasteiger charge is 2.11. The van der Waals surface area contributed by atoms with Gasteiger partial charge in [-0.25, -0.2) is 0 Å². The van der Waals surface area contributed by atoms with Crippen LogP contribution in [0.1, 0.15) is 16.7 Å². The first kappa shape index (κ1) is 21.5. The van der Waals surface area contributed by atoms with E-state index in [9.17, 15) is 0 Å². The van der Waals surface area contributed by atoms with Crippen LogP contribution < -0.4 is 14.9 Å². The maximum atomic E-state index is 6.16. The highest BCUT2D eigenvalue weighted by molar-refractivity contribution is 9.10. The van der Waals surface area contributed by atoms with Crippen LogP contribution >= 0.6 is 39.1 Å². The standard InChI is InChI=1S/C22H19BrCl2N2O2/c1-28-21-11-16(12-26-27-13-17-19(24)8-5-9-20(17)25)10-18(23)22(21)29-14-15-6-3-2-4-7-15/h2-12,27H,13-14H2,1H3/b26-12-. The summed E-state index contributed by atoms with van der Waals surface area (Å²) in [6.45, 7) is 0.870. The third-order valence-electron chi connectivity index (χ3n) is 4.10. The summed E-state index contributed by atoms with van der Waals surface area (Å²) >= 11 is 15.9. The van der Waals surface area contributed by atoms with Gasteiger partial charge in [0.15, 0.2) is 11.5 Å². The lowest BCUT2D eigenvalue weighted by Crippen LogP contribution is -2.07. The van der Waals surface area contributed by atoms with Gasteiger partial charge in [0.05, 0.1) is 24.3 Å². The molecule has 0 radical (unpaired) electrons. The molecule has 29 heavy (non-hydrogen) atoms. The minimum Gasteiger partial charge on any atom is -0.493 e. The zero-order valence-electron chi connectivity index (χ0n) is 15.7. The van der Waals surface area contributed by atoms with Crippen LogP contribution in [0.15, 0.2) is 70.2 Å². The minimum absolute atomic E-state index is 0.422. The number of hydrazone groups is 1. The molecule has 0 unspecified atom stereocenters. The van der Waals surface area contributed by atoms with E-state index in [1.54, 1.807) is 25.5 Å². The predicted molar refractivity (Wildman–Crippen MR) is 122 cm³/mol. The number of ether oxygens (including phenoxy) is 2. The van der Waals surface area contributed by atoms with Crippen molar-refractivity contribution in [3.05, 3.63) is 91.9 Å². The third-order valence-corrected chi connectivity index (χ3v) is 5.40. The van der Waals surface area contributed by atoms with Crippen LogP contribution in [0.25, 0.3) is 0 Å². The molecule has 150 valence electrons. The van der Waals surface area contributed by atoms with Crippen molar-refractivity contribution >= 4 is 45.3 Å². The summed E-state index contributed by atoms with van der Waals surface area (Å²) < 4.78 is 12.2. The molecule has 0 bridgehead atoms. The number of rotatable bonds is 8. The summed E-state index contributed by atoms with van der Waals surface area (Å²) in [6, 6.07) is 19.1. The molecule has 0 atom stereocenters. The highest BCUT2D eigenvalue weighted by atomic mass is 79.9. The molecule has 0 aliphatic rings. The van der Waals surface area contributed by atoms with Crippen molar-refractivity contribution in [3.63, 3.8) is 0 Å². The Morgan fingerprint density at radius 2 is 1.76 bits per heavy atom. The molecule has 3 aromatic carbocycles. The van der Waals surface area contributed by atoms with Crippen LogP contribution in [0.2, 0.25) is 10.0 Å². The first-order valence-electron chi connectivity index (χ1n) is 8.81. The van der Waals surface area contributed by atoms with Crippen LogP contribution in [0.3, 0.4) is 0 Å². The van der Waals surface area contributed by atoms with Crippen LogP contribution in [-0.4, -0.2) is 13.3 Å². The number of hydrogen-bond donors (Lipinski definition) is 1. The van der Waals surface area contributed by atoms with E-state index in [0.717, 1.165) is 21.2 Å². The monoisotopic (exact) mass is 492 g/mol. The fraction of sp³-hybridized carbons (Fsp3) is 0.136. The summed E-state index contributed by atoms with van der Waals surface area (Å²) in [5.74, 6) is 1.26. The summed E-state index contributed by atoms with van der Waals surface area (Å²) in [4.78, 5) is 0. The fourth-order valence-corrected chi connectivity index (χ4v) is 3.74. The van der Waals surface area contributed by atoms with E-state index >= 15 is 0 Å². The number of halogens is 3. The summed E-state index contributed by atoms with van der Waals surface area (Å²) in [5, 5.41) is 5.45. The molecule has 0 amide bonds. The Morgan fingerprint density at radius 1 is 1.03 bits per heavy atom. The van der Waals surface area contributed by atoms with E-state index in [1.165, 1.54) is 0 Å². The molecule has 0 aliphatic heterocycles. The van der Waals surface area contributed by atoms with E-state index < -0.39 is 0 Å². The smallest absolute Gasteiger partial charge is 0.175 e. The van der Waals surface area contributed by atoms with Gasteiger partial charge in [0, 0.05) is 15.6 Å². The van der Waals surface area contributed by atoms with Gasteiger partial charge in [-0.2, -0.15) is 5.10 Å². The lowest BCUT2D eigenvalue weighted by Gasteiger charge is -2.13. The maximum absolute atomic E-state index is 6.16. The number of methoxy groups -OCH3 is 1. The zero-order chi connectivity index (χ0) is 20.6. The van der Waals surface area contributed by atoms with Gasteiger partial charge in [0.25, 0.3) is 0 Å². The Kier molecular flexibility index (Phi) is 7.81. The molecule has 1 N–H and O–H groups in total. The lowest BCUT2D eigenvalue weighted by atomic mass is 10.2. The van der Waals surface area contributed by atoms with E-state index in [0.29, 0.717) is 34.7 Å². The average molecular weight is 494 g/mol. The summed E-state index contributed by atoms with van der Waals surface area (Å²) in [6.07, 6.45) is 1.69. The molecule has 0 aromatic heterocycles. The minimum atomic E-state index is 0.422. The SMILES string of the molecule is COc1cc(/C=N\NCc2c(Cl)cccc2Cl)cc(Br)c1OCc1ccccc1. The van der Waals surface area contributed by atoms with Crippen LogP contribution in [0.5, 0.6) is 11.5 Å². The van der Waals surface area contributed by atoms with E-state index in [1.807, 2.05) is 48.5 Å². The van der Waals surface area contributed by atoms with Crippen LogP contribution in [0.4, 0.5) is 0 Å². The molecule has 0 saturated heterocycles. The van der Waals surface area contributed by atoms with Crippen molar-refractivity contribution in [1.82, 2.24) is 5.43 Å². The summed E-state index contributed by atoms with van der Waals surface area (Å²) in [7, 11) is 1.61. The number of nitrogens with zero attached hydrogens (tertiary/aromatic N) is 1. The van der Waals surface area contributed by atoms with Crippen LogP contribution in [-0.2, 0) is 13.2 Å². The van der Waals surface area contributed by atoms with Crippen molar-refractivity contribution in [1.29, 1.82) is 0 Å². The van der Waals surface area contributed by atoms with Crippen molar-refractivity contribution in [3.8, 4) is 11.5 Å². The Bertz CT molecular complexity index is 977. The quantitative estimate of drug-likeness (QED) is 0.289. The van der Waals surface area contributed by atoms with Gasteiger partial charge in [0.1, 0.15) is 6.61 Å².